The van der Waals surface area contributed by atoms with Crippen LogP contribution in [-0.4, -0.2) is 69.7 Å². The fraction of sp³-hybridized carbons (Fsp3) is 0.579. The van der Waals surface area contributed by atoms with E-state index in [1.54, 1.807) is 0 Å². The molecule has 2 rings (SSSR count). The highest BCUT2D eigenvalue weighted by Crippen LogP contribution is 2.25. The predicted molar refractivity (Wildman–Crippen MR) is 121 cm³/mol. The first kappa shape index (κ1) is 25.3. The Labute approximate surface area is 193 Å². The lowest BCUT2D eigenvalue weighted by atomic mass is 9.73. The van der Waals surface area contributed by atoms with Crippen molar-refractivity contribution in [2.45, 2.75) is 26.2 Å². The highest BCUT2D eigenvalue weighted by atomic mass is 79.9. The minimum atomic E-state index is -0.569. The standard InChI is InChI=1S/C19H27BBr2FN3O4/c1-12(2)8-16(20-29-6-4-26(3)5-7-30-20)25-17(27)11-24-19(28)14-9-13(21)10-15(23)18(14)22/h9-10,12,16H,4-8,11H2,1-3H3,(H,24,28)(H,25,27)/t16-/m0/s1. The zero-order chi connectivity index (χ0) is 22.3. The highest BCUT2D eigenvalue weighted by Gasteiger charge is 2.33. The van der Waals surface area contributed by atoms with Gasteiger partial charge in [0.05, 0.1) is 22.5 Å². The normalized spacial score (nSPS) is 16.7. The summed E-state index contributed by atoms with van der Waals surface area (Å²) < 4.78 is 26.0. The van der Waals surface area contributed by atoms with Crippen LogP contribution in [0.15, 0.2) is 21.1 Å². The van der Waals surface area contributed by atoms with Crippen molar-refractivity contribution in [2.75, 3.05) is 39.9 Å². The van der Waals surface area contributed by atoms with Crippen molar-refractivity contribution in [2.24, 2.45) is 5.92 Å². The van der Waals surface area contributed by atoms with Crippen LogP contribution in [0.5, 0.6) is 0 Å². The van der Waals surface area contributed by atoms with Crippen LogP contribution in [0.3, 0.4) is 0 Å². The second-order valence-electron chi connectivity index (χ2n) is 7.65. The van der Waals surface area contributed by atoms with Gasteiger partial charge in [-0.25, -0.2) is 4.39 Å². The summed E-state index contributed by atoms with van der Waals surface area (Å²) >= 11 is 6.23. The van der Waals surface area contributed by atoms with Crippen molar-refractivity contribution >= 4 is 50.8 Å². The zero-order valence-corrected chi connectivity index (χ0v) is 20.5. The minimum Gasteiger partial charge on any atom is -0.408 e. The fourth-order valence-electron chi connectivity index (χ4n) is 3.02. The molecule has 11 heteroatoms. The maximum Gasteiger partial charge on any atom is 0.480 e. The summed E-state index contributed by atoms with van der Waals surface area (Å²) in [4.78, 5) is 27.0. The van der Waals surface area contributed by atoms with Crippen LogP contribution in [0.1, 0.15) is 30.6 Å². The van der Waals surface area contributed by atoms with E-state index in [4.69, 9.17) is 9.31 Å². The number of carbonyl (C=O) groups is 2. The molecule has 2 N–H and O–H groups in total. The fourth-order valence-corrected chi connectivity index (χ4v) is 3.86. The molecule has 2 amide bonds. The summed E-state index contributed by atoms with van der Waals surface area (Å²) in [5.74, 6) is -1.52. The lowest BCUT2D eigenvalue weighted by Crippen LogP contribution is -2.54. The molecule has 166 valence electrons. The third kappa shape index (κ3) is 7.92. The molecule has 7 nitrogen and oxygen atoms in total. The van der Waals surface area contributed by atoms with Crippen LogP contribution >= 0.6 is 31.9 Å². The van der Waals surface area contributed by atoms with Gasteiger partial charge in [0.25, 0.3) is 5.91 Å². The molecule has 0 saturated carbocycles. The summed E-state index contributed by atoms with van der Waals surface area (Å²) in [5, 5.41) is 5.44. The first-order valence-corrected chi connectivity index (χ1v) is 11.4. The van der Waals surface area contributed by atoms with Gasteiger partial charge in [0.2, 0.25) is 5.91 Å². The molecule has 30 heavy (non-hydrogen) atoms. The van der Waals surface area contributed by atoms with Gasteiger partial charge < -0.3 is 24.8 Å². The van der Waals surface area contributed by atoms with E-state index in [2.05, 4.69) is 61.2 Å². The van der Waals surface area contributed by atoms with E-state index in [9.17, 15) is 14.0 Å². The first-order valence-electron chi connectivity index (χ1n) is 9.81. The van der Waals surface area contributed by atoms with Crippen molar-refractivity contribution in [3.8, 4) is 0 Å². The van der Waals surface area contributed by atoms with Crippen LogP contribution < -0.4 is 10.6 Å². The van der Waals surface area contributed by atoms with Gasteiger partial charge in [0.15, 0.2) is 0 Å². The van der Waals surface area contributed by atoms with Crippen molar-refractivity contribution in [3.63, 3.8) is 0 Å². The molecule has 1 atom stereocenters. The van der Waals surface area contributed by atoms with Crippen molar-refractivity contribution < 1.29 is 23.3 Å². The van der Waals surface area contributed by atoms with E-state index in [0.717, 1.165) is 13.1 Å². The molecule has 0 spiro atoms. The summed E-state index contributed by atoms with van der Waals surface area (Å²) in [6.45, 7) is 6.44. The van der Waals surface area contributed by atoms with Crippen LogP contribution in [-0.2, 0) is 14.1 Å². The van der Waals surface area contributed by atoms with Gasteiger partial charge >= 0.3 is 7.12 Å². The Morgan fingerprint density at radius 1 is 1.23 bits per heavy atom. The van der Waals surface area contributed by atoms with E-state index >= 15 is 0 Å². The molecular formula is C19H27BBr2FN3O4. The SMILES string of the molecule is CC(C)C[C@H](NC(=O)CNC(=O)c1cc(Br)cc(F)c1Br)B1OCCN(C)CCO1. The number of nitrogens with zero attached hydrogens (tertiary/aromatic N) is 1. The molecule has 1 fully saturated rings. The maximum atomic E-state index is 13.8. The number of halogens is 3. The molecule has 1 saturated heterocycles. The van der Waals surface area contributed by atoms with Gasteiger partial charge in [-0.2, -0.15) is 0 Å². The van der Waals surface area contributed by atoms with Crippen LogP contribution in [0.4, 0.5) is 4.39 Å². The molecule has 1 aromatic carbocycles. The van der Waals surface area contributed by atoms with Gasteiger partial charge in [0, 0.05) is 30.8 Å². The predicted octanol–water partition coefficient (Wildman–Crippen LogP) is 2.62. The second kappa shape index (κ2) is 12.1. The molecule has 1 aromatic rings. The molecule has 0 bridgehead atoms. The molecule has 0 aromatic heterocycles. The van der Waals surface area contributed by atoms with Gasteiger partial charge in [-0.1, -0.05) is 29.8 Å². The highest BCUT2D eigenvalue weighted by molar-refractivity contribution is 9.11. The third-order valence-corrected chi connectivity index (χ3v) is 5.82. The Morgan fingerprint density at radius 3 is 2.47 bits per heavy atom. The van der Waals surface area contributed by atoms with E-state index < -0.39 is 18.8 Å². The minimum absolute atomic E-state index is 0.0441. The molecule has 1 heterocycles. The number of carbonyl (C=O) groups excluding carboxylic acids is 2. The third-order valence-electron chi connectivity index (χ3n) is 4.56. The molecule has 0 radical (unpaired) electrons. The largest absolute Gasteiger partial charge is 0.480 e. The number of rotatable bonds is 7. The Bertz CT molecular complexity index is 747. The number of benzene rings is 1. The van der Waals surface area contributed by atoms with Crippen LogP contribution in [0, 0.1) is 11.7 Å². The summed E-state index contributed by atoms with van der Waals surface area (Å²) in [7, 11) is 1.45. The van der Waals surface area contributed by atoms with Crippen molar-refractivity contribution in [3.05, 3.63) is 32.5 Å². The van der Waals surface area contributed by atoms with Crippen LogP contribution in [0.2, 0.25) is 0 Å². The molecule has 0 aliphatic carbocycles. The lowest BCUT2D eigenvalue weighted by molar-refractivity contribution is -0.120. The maximum absolute atomic E-state index is 13.8. The Balaban J connectivity index is 1.96. The van der Waals surface area contributed by atoms with E-state index in [0.29, 0.717) is 30.0 Å². The summed E-state index contributed by atoms with van der Waals surface area (Å²) in [6.07, 6.45) is 0.669. The van der Waals surface area contributed by atoms with Crippen LogP contribution in [0.25, 0.3) is 0 Å². The average Bonchev–Trinajstić information content (AvgIpc) is 2.64. The second-order valence-corrected chi connectivity index (χ2v) is 9.36. The molecule has 1 aliphatic heterocycles. The van der Waals surface area contributed by atoms with Gasteiger partial charge in [-0.05, 0) is 47.4 Å². The number of hydrogen-bond donors (Lipinski definition) is 2. The van der Waals surface area contributed by atoms with Gasteiger partial charge in [-0.15, -0.1) is 0 Å². The van der Waals surface area contributed by atoms with Crippen molar-refractivity contribution in [1.29, 1.82) is 0 Å². The Kier molecular flexibility index (Phi) is 10.2. The molecule has 0 unspecified atom stereocenters. The monoisotopic (exact) mass is 549 g/mol. The number of likely N-dealkylation sites (N-methyl/N-ethyl adjacent to an activating group) is 1. The zero-order valence-electron chi connectivity index (χ0n) is 17.3. The van der Waals surface area contributed by atoms with Gasteiger partial charge in [-0.3, -0.25) is 9.59 Å². The Hall–Kier alpha value is -1.01. The van der Waals surface area contributed by atoms with Gasteiger partial charge in [0.1, 0.15) is 5.82 Å². The molecule has 1 aliphatic rings. The number of amides is 2. The van der Waals surface area contributed by atoms with E-state index in [1.165, 1.54) is 12.1 Å². The summed E-state index contributed by atoms with van der Waals surface area (Å²) in [5.41, 5.74) is 0.101. The van der Waals surface area contributed by atoms with E-state index in [-0.39, 0.29) is 28.4 Å². The number of nitrogens with one attached hydrogen (secondary N) is 2. The average molecular weight is 551 g/mol. The molecular weight excluding hydrogens is 524 g/mol. The van der Waals surface area contributed by atoms with Crippen molar-refractivity contribution in [1.82, 2.24) is 15.5 Å². The first-order chi connectivity index (χ1) is 14.2. The van der Waals surface area contributed by atoms with E-state index in [1.807, 2.05) is 7.05 Å². The lowest BCUT2D eigenvalue weighted by Gasteiger charge is -2.29. The topological polar surface area (TPSA) is 79.9 Å². The quantitative estimate of drug-likeness (QED) is 0.403. The smallest absolute Gasteiger partial charge is 0.408 e. The summed E-state index contributed by atoms with van der Waals surface area (Å²) in [6, 6.07) is 2.73. The Morgan fingerprint density at radius 2 is 1.87 bits per heavy atom. The number of hydrogen-bond acceptors (Lipinski definition) is 5.